The van der Waals surface area contributed by atoms with Gasteiger partial charge in [0.15, 0.2) is 5.82 Å². The number of sulfonamides is 1. The Labute approximate surface area is 173 Å². The maximum Gasteiger partial charge on any atom is 0.263 e. The molecule has 3 aromatic carbocycles. The topological polar surface area (TPSA) is 73.2 Å². The molecule has 0 radical (unpaired) electrons. The minimum absolute atomic E-state index is 0.0608. The number of ether oxygens (including phenoxy) is 1. The zero-order chi connectivity index (χ0) is 20.4. The van der Waals surface area contributed by atoms with Crippen molar-refractivity contribution in [3.63, 3.8) is 0 Å². The minimum Gasteiger partial charge on any atom is -0.496 e. The van der Waals surface area contributed by atoms with E-state index in [0.717, 1.165) is 11.1 Å². The van der Waals surface area contributed by atoms with Crippen LogP contribution in [0.1, 0.15) is 5.56 Å². The molecular formula is C21H18ClN3O3S. The van der Waals surface area contributed by atoms with Gasteiger partial charge in [0, 0.05) is 5.02 Å². The number of fused-ring (bicyclic) bond motifs is 1. The molecule has 0 aliphatic rings. The smallest absolute Gasteiger partial charge is 0.263 e. The van der Waals surface area contributed by atoms with Gasteiger partial charge in [0.1, 0.15) is 5.75 Å². The van der Waals surface area contributed by atoms with Crippen LogP contribution in [0.5, 0.6) is 5.75 Å². The molecule has 0 saturated heterocycles. The maximum atomic E-state index is 12.9. The van der Waals surface area contributed by atoms with Crippen molar-refractivity contribution in [2.75, 3.05) is 11.8 Å². The van der Waals surface area contributed by atoms with Gasteiger partial charge < -0.3 is 4.74 Å². The highest BCUT2D eigenvalue weighted by atomic mass is 35.5. The van der Waals surface area contributed by atoms with E-state index in [1.807, 2.05) is 42.5 Å². The Hall–Kier alpha value is -3.03. The second-order valence-corrected chi connectivity index (χ2v) is 8.53. The molecule has 4 rings (SSSR count). The number of benzene rings is 3. The van der Waals surface area contributed by atoms with E-state index in [9.17, 15) is 8.42 Å². The van der Waals surface area contributed by atoms with E-state index in [1.165, 1.54) is 12.1 Å². The zero-order valence-corrected chi connectivity index (χ0v) is 17.1. The summed E-state index contributed by atoms with van der Waals surface area (Å²) in [6, 6.07) is 21.4. The highest BCUT2D eigenvalue weighted by molar-refractivity contribution is 7.92. The molecule has 0 aliphatic carbocycles. The fraction of sp³-hybridized carbons (Fsp3) is 0.0952. The summed E-state index contributed by atoms with van der Waals surface area (Å²) in [5.74, 6) is 0.735. The van der Waals surface area contributed by atoms with Gasteiger partial charge in [0.25, 0.3) is 10.0 Å². The van der Waals surface area contributed by atoms with Crippen LogP contribution in [0.3, 0.4) is 0 Å². The van der Waals surface area contributed by atoms with Gasteiger partial charge in [0.05, 0.1) is 29.5 Å². The molecule has 0 amide bonds. The molecule has 0 atom stereocenters. The molecule has 4 aromatic rings. The number of aromatic nitrogens is 2. The Morgan fingerprint density at radius 1 is 1.03 bits per heavy atom. The first-order valence-electron chi connectivity index (χ1n) is 8.84. The molecular weight excluding hydrogens is 410 g/mol. The van der Waals surface area contributed by atoms with Crippen LogP contribution in [0.4, 0.5) is 5.82 Å². The molecule has 1 heterocycles. The van der Waals surface area contributed by atoms with E-state index < -0.39 is 10.0 Å². The third-order valence-corrected chi connectivity index (χ3v) is 6.04. The van der Waals surface area contributed by atoms with Crippen molar-refractivity contribution in [3.05, 3.63) is 83.4 Å². The summed E-state index contributed by atoms with van der Waals surface area (Å²) < 4.78 is 35.6. The third kappa shape index (κ3) is 3.92. The molecule has 0 fully saturated rings. The van der Waals surface area contributed by atoms with Crippen molar-refractivity contribution in [2.24, 2.45) is 0 Å². The molecule has 0 aliphatic heterocycles. The van der Waals surface area contributed by atoms with Crippen molar-refractivity contribution < 1.29 is 13.2 Å². The molecule has 1 N–H and O–H groups in total. The predicted octanol–water partition coefficient (Wildman–Crippen LogP) is 4.55. The first-order valence-corrected chi connectivity index (χ1v) is 10.7. The number of methoxy groups -OCH3 is 1. The van der Waals surface area contributed by atoms with Crippen LogP contribution in [0.2, 0.25) is 5.02 Å². The second-order valence-electron chi connectivity index (χ2n) is 6.41. The average Bonchev–Trinajstić information content (AvgIpc) is 3.05. The first kappa shape index (κ1) is 19.3. The number of anilines is 1. The first-order chi connectivity index (χ1) is 14.0. The Bertz CT molecular complexity index is 1270. The van der Waals surface area contributed by atoms with Crippen molar-refractivity contribution in [3.8, 4) is 5.75 Å². The summed E-state index contributed by atoms with van der Waals surface area (Å²) in [6.45, 7) is 0.489. The number of halogens is 1. The van der Waals surface area contributed by atoms with Crippen LogP contribution in [0.25, 0.3) is 10.9 Å². The Morgan fingerprint density at radius 3 is 2.52 bits per heavy atom. The van der Waals surface area contributed by atoms with E-state index in [2.05, 4.69) is 9.82 Å². The van der Waals surface area contributed by atoms with Crippen LogP contribution in [-0.4, -0.2) is 25.3 Å². The fourth-order valence-electron chi connectivity index (χ4n) is 3.14. The lowest BCUT2D eigenvalue weighted by molar-refractivity contribution is 0.420. The summed E-state index contributed by atoms with van der Waals surface area (Å²) in [5.41, 5.74) is 1.81. The third-order valence-electron chi connectivity index (χ3n) is 4.47. The predicted molar refractivity (Wildman–Crippen MR) is 114 cm³/mol. The largest absolute Gasteiger partial charge is 0.496 e. The lowest BCUT2D eigenvalue weighted by Crippen LogP contribution is -2.14. The SMILES string of the molecule is COc1cccc2c1c(NS(=O)(=O)c1cccc(Cl)c1)nn2Cc1ccccc1. The van der Waals surface area contributed by atoms with Gasteiger partial charge in [-0.2, -0.15) is 5.10 Å². The summed E-state index contributed by atoms with van der Waals surface area (Å²) in [4.78, 5) is 0.0608. The highest BCUT2D eigenvalue weighted by Crippen LogP contribution is 2.33. The van der Waals surface area contributed by atoms with Gasteiger partial charge in [-0.3, -0.25) is 9.40 Å². The number of hydrogen-bond acceptors (Lipinski definition) is 4. The standard InChI is InChI=1S/C21H18ClN3O3S/c1-28-19-12-6-11-18-20(19)21(23-25(18)14-15-7-3-2-4-8-15)24-29(26,27)17-10-5-9-16(22)13-17/h2-13H,14H2,1H3,(H,23,24). The lowest BCUT2D eigenvalue weighted by atomic mass is 10.2. The molecule has 29 heavy (non-hydrogen) atoms. The molecule has 1 aromatic heterocycles. The van der Waals surface area contributed by atoms with Gasteiger partial charge in [0.2, 0.25) is 0 Å². The normalized spacial score (nSPS) is 11.5. The maximum absolute atomic E-state index is 12.9. The molecule has 0 unspecified atom stereocenters. The van der Waals surface area contributed by atoms with Crippen molar-refractivity contribution >= 4 is 38.3 Å². The molecule has 148 valence electrons. The Balaban J connectivity index is 1.81. The molecule has 6 nitrogen and oxygen atoms in total. The van der Waals surface area contributed by atoms with Crippen LogP contribution in [0.15, 0.2) is 77.7 Å². The van der Waals surface area contributed by atoms with Crippen molar-refractivity contribution in [2.45, 2.75) is 11.4 Å². The number of nitrogens with zero attached hydrogens (tertiary/aromatic N) is 2. The summed E-state index contributed by atoms with van der Waals surface area (Å²) >= 11 is 5.96. The Kier molecular flexibility index (Phi) is 5.17. The van der Waals surface area contributed by atoms with Gasteiger partial charge >= 0.3 is 0 Å². The van der Waals surface area contributed by atoms with Crippen LogP contribution >= 0.6 is 11.6 Å². The van der Waals surface area contributed by atoms with E-state index >= 15 is 0 Å². The number of rotatable bonds is 6. The monoisotopic (exact) mass is 427 g/mol. The van der Waals surface area contributed by atoms with E-state index in [0.29, 0.717) is 22.7 Å². The minimum atomic E-state index is -3.88. The van der Waals surface area contributed by atoms with Crippen molar-refractivity contribution in [1.82, 2.24) is 9.78 Å². The highest BCUT2D eigenvalue weighted by Gasteiger charge is 2.21. The molecule has 0 saturated carbocycles. The zero-order valence-electron chi connectivity index (χ0n) is 15.5. The molecule has 0 spiro atoms. The van der Waals surface area contributed by atoms with Gasteiger partial charge in [-0.25, -0.2) is 8.42 Å². The van der Waals surface area contributed by atoms with E-state index in [1.54, 1.807) is 30.0 Å². The van der Waals surface area contributed by atoms with Crippen LogP contribution < -0.4 is 9.46 Å². The lowest BCUT2D eigenvalue weighted by Gasteiger charge is -2.07. The van der Waals surface area contributed by atoms with Crippen LogP contribution in [0, 0.1) is 0 Å². The number of hydrogen-bond donors (Lipinski definition) is 1. The average molecular weight is 428 g/mol. The van der Waals surface area contributed by atoms with E-state index in [-0.39, 0.29) is 10.7 Å². The van der Waals surface area contributed by atoms with Gasteiger partial charge in [-0.1, -0.05) is 54.1 Å². The molecule has 0 bridgehead atoms. The van der Waals surface area contributed by atoms with Crippen LogP contribution in [-0.2, 0) is 16.6 Å². The quantitative estimate of drug-likeness (QED) is 0.490. The second kappa shape index (κ2) is 7.77. The van der Waals surface area contributed by atoms with E-state index in [4.69, 9.17) is 16.3 Å². The number of nitrogens with one attached hydrogen (secondary N) is 1. The summed E-state index contributed by atoms with van der Waals surface area (Å²) in [6.07, 6.45) is 0. The van der Waals surface area contributed by atoms with Gasteiger partial charge in [-0.15, -0.1) is 0 Å². The Morgan fingerprint density at radius 2 is 1.79 bits per heavy atom. The van der Waals surface area contributed by atoms with Crippen molar-refractivity contribution in [1.29, 1.82) is 0 Å². The molecule has 8 heteroatoms. The summed E-state index contributed by atoms with van der Waals surface area (Å²) in [5, 5.41) is 5.47. The summed E-state index contributed by atoms with van der Waals surface area (Å²) in [7, 11) is -2.34. The van der Waals surface area contributed by atoms with Gasteiger partial charge in [-0.05, 0) is 35.9 Å². The fourth-order valence-corrected chi connectivity index (χ4v) is 4.45.